The van der Waals surface area contributed by atoms with E-state index in [4.69, 9.17) is 23.7 Å². The smallest absolute Gasteiger partial charge is 0.351 e. The number of hydrogen-bond donors (Lipinski definition) is 1. The maximum absolute atomic E-state index is 13.3. The van der Waals surface area contributed by atoms with Gasteiger partial charge in [-0.2, -0.15) is 10.2 Å². The van der Waals surface area contributed by atoms with Crippen molar-refractivity contribution in [3.63, 3.8) is 0 Å². The Morgan fingerprint density at radius 3 is 2.04 bits per heavy atom. The van der Waals surface area contributed by atoms with E-state index in [-0.39, 0.29) is 18.8 Å². The average molecular weight is 686 g/mol. The fraction of sp³-hybridized carbons (Fsp3) is 0.225. The largest absolute Gasteiger partial charge is 0.497 e. The number of carbonyl (C=O) groups excluding carboxylic acids is 1. The summed E-state index contributed by atoms with van der Waals surface area (Å²) in [7, 11) is 3.22. The predicted octanol–water partition coefficient (Wildman–Crippen LogP) is 5.92. The van der Waals surface area contributed by atoms with Crippen LogP contribution in [0.3, 0.4) is 0 Å². The summed E-state index contributed by atoms with van der Waals surface area (Å²) in [4.78, 5) is 30.0. The molecule has 0 bridgehead atoms. The minimum atomic E-state index is -1.14. The van der Waals surface area contributed by atoms with Gasteiger partial charge in [-0.25, -0.2) is 4.79 Å². The summed E-state index contributed by atoms with van der Waals surface area (Å²) >= 11 is 0. The van der Waals surface area contributed by atoms with Gasteiger partial charge in [0.05, 0.1) is 33.0 Å². The van der Waals surface area contributed by atoms with Gasteiger partial charge in [-0.3, -0.25) is 9.36 Å². The van der Waals surface area contributed by atoms with E-state index >= 15 is 0 Å². The number of nitriles is 1. The Bertz CT molecular complexity index is 1970. The molecule has 0 spiro atoms. The van der Waals surface area contributed by atoms with Gasteiger partial charge in [0.2, 0.25) is 0 Å². The third kappa shape index (κ3) is 7.69. The molecule has 1 aliphatic heterocycles. The molecule has 11 nitrogen and oxygen atoms in total. The molecule has 4 aromatic carbocycles. The van der Waals surface area contributed by atoms with E-state index in [1.807, 2.05) is 84.9 Å². The highest BCUT2D eigenvalue weighted by Gasteiger charge is 2.43. The van der Waals surface area contributed by atoms with Crippen LogP contribution in [0.25, 0.3) is 0 Å². The van der Waals surface area contributed by atoms with Gasteiger partial charge in [0.1, 0.15) is 41.4 Å². The first-order valence-electron chi connectivity index (χ1n) is 16.3. The van der Waals surface area contributed by atoms with Crippen LogP contribution in [0, 0.1) is 18.3 Å². The molecule has 6 rings (SSSR count). The quantitative estimate of drug-likeness (QED) is 0.150. The number of ether oxygens (including phenoxy) is 5. The summed E-state index contributed by atoms with van der Waals surface area (Å²) in [5.74, 6) is 1.09. The minimum Gasteiger partial charge on any atom is -0.497 e. The Morgan fingerprint density at radius 2 is 1.49 bits per heavy atom. The van der Waals surface area contributed by atoms with Crippen LogP contribution in [0.2, 0.25) is 0 Å². The van der Waals surface area contributed by atoms with Crippen LogP contribution in [0.5, 0.6) is 11.5 Å². The van der Waals surface area contributed by atoms with E-state index in [9.17, 15) is 14.9 Å². The van der Waals surface area contributed by atoms with Crippen molar-refractivity contribution in [3.05, 3.63) is 161 Å². The van der Waals surface area contributed by atoms with Crippen molar-refractivity contribution in [1.82, 2.24) is 9.55 Å². The van der Waals surface area contributed by atoms with E-state index in [0.717, 1.165) is 16.7 Å². The average Bonchev–Trinajstić information content (AvgIpc) is 3.57. The second-order valence-corrected chi connectivity index (χ2v) is 11.8. The molecule has 0 saturated carbocycles. The first-order valence-corrected chi connectivity index (χ1v) is 16.3. The van der Waals surface area contributed by atoms with Gasteiger partial charge in [0, 0.05) is 18.2 Å². The highest BCUT2D eigenvalue weighted by molar-refractivity contribution is 6.03. The van der Waals surface area contributed by atoms with E-state index in [1.165, 1.54) is 16.8 Å². The van der Waals surface area contributed by atoms with Crippen LogP contribution in [0.15, 0.2) is 126 Å². The van der Waals surface area contributed by atoms with Crippen molar-refractivity contribution in [2.24, 2.45) is 0 Å². The summed E-state index contributed by atoms with van der Waals surface area (Å²) in [5, 5.41) is 12.2. The van der Waals surface area contributed by atoms with Crippen LogP contribution in [-0.2, 0) is 19.8 Å². The highest BCUT2D eigenvalue weighted by atomic mass is 16.6. The lowest BCUT2D eigenvalue weighted by Crippen LogP contribution is -2.39. The molecule has 1 amide bonds. The van der Waals surface area contributed by atoms with Crippen LogP contribution in [0.4, 0.5) is 5.82 Å². The molecule has 2 heterocycles. The van der Waals surface area contributed by atoms with Crippen molar-refractivity contribution >= 4 is 11.7 Å². The summed E-state index contributed by atoms with van der Waals surface area (Å²) in [6.45, 7) is 3.79. The van der Waals surface area contributed by atoms with E-state index < -0.39 is 41.7 Å². The molecular weight excluding hydrogens is 648 g/mol. The molecule has 51 heavy (non-hydrogen) atoms. The number of nitrogens with one attached hydrogen (secondary N) is 1. The summed E-state index contributed by atoms with van der Waals surface area (Å²) in [6, 6.07) is 37.3. The molecule has 1 aliphatic rings. The zero-order chi connectivity index (χ0) is 35.8. The number of anilines is 1. The lowest BCUT2D eigenvalue weighted by molar-refractivity contribution is -0.106. The molecule has 2 unspecified atom stereocenters. The number of carbonyl (C=O) groups is 1. The fourth-order valence-electron chi connectivity index (χ4n) is 6.17. The second kappa shape index (κ2) is 15.8. The number of hydrogen-bond acceptors (Lipinski definition) is 9. The van der Waals surface area contributed by atoms with Crippen LogP contribution >= 0.6 is 0 Å². The summed E-state index contributed by atoms with van der Waals surface area (Å²) < 4.78 is 31.8. The number of benzene rings is 4. The molecule has 4 atom stereocenters. The van der Waals surface area contributed by atoms with Crippen molar-refractivity contribution in [1.29, 1.82) is 5.26 Å². The fourth-order valence-corrected chi connectivity index (χ4v) is 6.17. The Hall–Kier alpha value is -5.80. The molecule has 1 fully saturated rings. The van der Waals surface area contributed by atoms with E-state index in [0.29, 0.717) is 17.1 Å². The van der Waals surface area contributed by atoms with Crippen molar-refractivity contribution in [2.75, 3.05) is 26.1 Å². The van der Waals surface area contributed by atoms with Crippen molar-refractivity contribution in [2.45, 2.75) is 36.6 Å². The third-order valence-corrected chi connectivity index (χ3v) is 8.72. The van der Waals surface area contributed by atoms with Crippen molar-refractivity contribution in [3.8, 4) is 17.6 Å². The highest BCUT2D eigenvalue weighted by Crippen LogP contribution is 2.43. The molecule has 1 radical (unpaired) electrons. The normalized spacial score (nSPS) is 17.6. The SMILES string of the molecule is [CH2]C(C#N)OC1C[C@H](n2ccc(NC(=O)c3ccccc3)nc2=O)O[C@@H]1COC(c1ccccc1)(c1ccc(OC)cc1)c1ccc(OC)cc1. The second-order valence-electron chi connectivity index (χ2n) is 11.8. The molecular formula is C40H37N4O7. The van der Waals surface area contributed by atoms with Gasteiger partial charge in [-0.15, -0.1) is 0 Å². The number of aromatic nitrogens is 2. The molecule has 259 valence electrons. The Labute approximate surface area is 296 Å². The van der Waals surface area contributed by atoms with Gasteiger partial charge >= 0.3 is 5.69 Å². The van der Waals surface area contributed by atoms with Gasteiger partial charge in [-0.1, -0.05) is 72.8 Å². The van der Waals surface area contributed by atoms with E-state index in [1.54, 1.807) is 44.6 Å². The molecule has 1 saturated heterocycles. The van der Waals surface area contributed by atoms with Gasteiger partial charge in [-0.05, 0) is 66.1 Å². The molecule has 5 aromatic rings. The van der Waals surface area contributed by atoms with Gasteiger partial charge in [0.15, 0.2) is 0 Å². The zero-order valence-corrected chi connectivity index (χ0v) is 28.2. The maximum atomic E-state index is 13.3. The Morgan fingerprint density at radius 1 is 0.922 bits per heavy atom. The minimum absolute atomic E-state index is 0.000334. The monoisotopic (exact) mass is 685 g/mol. The Kier molecular flexibility index (Phi) is 10.9. The van der Waals surface area contributed by atoms with E-state index in [2.05, 4.69) is 17.2 Å². The number of nitrogens with zero attached hydrogens (tertiary/aromatic N) is 3. The molecule has 11 heteroatoms. The lowest BCUT2D eigenvalue weighted by atomic mass is 9.80. The molecule has 1 aromatic heterocycles. The zero-order valence-electron chi connectivity index (χ0n) is 28.2. The standard InChI is InChI=1S/C40H37N4O7/c1-27(25-41)50-34-24-37(44-23-22-36(43-39(44)46)42-38(45)28-10-6-4-7-11-28)51-35(34)26-49-40(29-12-8-5-9-13-29,30-14-18-32(47-2)19-15-30)31-16-20-33(48-3)21-17-31/h4-23,27,34-35,37H,1,24,26H2,2-3H3,(H,42,43,45,46)/t27?,34?,35-,37-/m1/s1. The predicted molar refractivity (Wildman–Crippen MR) is 189 cm³/mol. The molecule has 1 N–H and O–H groups in total. The van der Waals surface area contributed by atoms with Crippen LogP contribution < -0.4 is 20.5 Å². The molecule has 0 aliphatic carbocycles. The Balaban J connectivity index is 1.32. The lowest BCUT2D eigenvalue weighted by Gasteiger charge is -2.37. The topological polar surface area (TPSA) is 134 Å². The number of amides is 1. The van der Waals surface area contributed by atoms with Crippen LogP contribution in [0.1, 0.15) is 39.7 Å². The first-order chi connectivity index (χ1) is 24.8. The number of methoxy groups -OCH3 is 2. The first kappa shape index (κ1) is 35.0. The summed E-state index contributed by atoms with van der Waals surface area (Å²) in [5.41, 5.74) is 1.17. The number of rotatable bonds is 13. The van der Waals surface area contributed by atoms with Crippen molar-refractivity contribution < 1.29 is 28.5 Å². The van der Waals surface area contributed by atoms with Gasteiger partial charge in [0.25, 0.3) is 5.91 Å². The van der Waals surface area contributed by atoms with Gasteiger partial charge < -0.3 is 29.0 Å². The summed E-state index contributed by atoms with van der Waals surface area (Å²) in [6.07, 6.45) is -1.47. The maximum Gasteiger partial charge on any atom is 0.351 e. The van der Waals surface area contributed by atoms with Crippen LogP contribution in [-0.4, -0.2) is 54.6 Å². The third-order valence-electron chi connectivity index (χ3n) is 8.72.